The second kappa shape index (κ2) is 8.50. The maximum absolute atomic E-state index is 12.1. The average Bonchev–Trinajstić information content (AvgIpc) is 2.58. The summed E-state index contributed by atoms with van der Waals surface area (Å²) in [7, 11) is 0. The first-order valence-corrected chi connectivity index (χ1v) is 8.20. The number of carbonyl (C=O) groups is 2. The van der Waals surface area contributed by atoms with Crippen molar-refractivity contribution in [3.8, 4) is 5.75 Å². The second-order valence-electron chi connectivity index (χ2n) is 5.34. The van der Waals surface area contributed by atoms with Gasteiger partial charge >= 0.3 is 0 Å². The van der Waals surface area contributed by atoms with Gasteiger partial charge in [0.05, 0.1) is 6.61 Å². The Kier molecular flexibility index (Phi) is 6.38. The van der Waals surface area contributed by atoms with E-state index < -0.39 is 0 Å². The van der Waals surface area contributed by atoms with Gasteiger partial charge in [-0.05, 0) is 55.8 Å². The molecule has 0 aliphatic heterocycles. The first kappa shape index (κ1) is 18.0. The minimum absolute atomic E-state index is 0.0731. The number of amides is 1. The lowest BCUT2D eigenvalue weighted by molar-refractivity contribution is -0.116. The number of nitrogens with one attached hydrogen (secondary N) is 1. The van der Waals surface area contributed by atoms with Crippen LogP contribution in [0, 0.1) is 6.92 Å². The van der Waals surface area contributed by atoms with Crippen LogP contribution in [-0.4, -0.2) is 18.3 Å². The van der Waals surface area contributed by atoms with Crippen molar-refractivity contribution in [2.24, 2.45) is 0 Å². The Hall–Kier alpha value is -2.33. The first-order valence-electron chi connectivity index (χ1n) is 7.82. The molecule has 0 fully saturated rings. The first-order chi connectivity index (χ1) is 11.5. The van der Waals surface area contributed by atoms with Crippen LogP contribution in [-0.2, 0) is 4.79 Å². The largest absolute Gasteiger partial charge is 0.494 e. The summed E-state index contributed by atoms with van der Waals surface area (Å²) in [6.45, 7) is 4.32. The Morgan fingerprint density at radius 2 is 1.79 bits per heavy atom. The molecule has 4 nitrogen and oxygen atoms in total. The molecule has 0 saturated carbocycles. The number of rotatable bonds is 7. The lowest BCUT2D eigenvalue weighted by atomic mass is 10.1. The number of anilines is 1. The van der Waals surface area contributed by atoms with Gasteiger partial charge in [0, 0.05) is 29.1 Å². The summed E-state index contributed by atoms with van der Waals surface area (Å²) in [5.74, 6) is 0.443. The summed E-state index contributed by atoms with van der Waals surface area (Å²) in [4.78, 5) is 24.2. The van der Waals surface area contributed by atoms with E-state index in [1.807, 2.05) is 13.8 Å². The van der Waals surface area contributed by atoms with Gasteiger partial charge in [-0.3, -0.25) is 9.59 Å². The molecule has 24 heavy (non-hydrogen) atoms. The number of hydrogen-bond donors (Lipinski definition) is 1. The minimum Gasteiger partial charge on any atom is -0.494 e. The molecule has 1 N–H and O–H groups in total. The summed E-state index contributed by atoms with van der Waals surface area (Å²) in [6.07, 6.45) is 0.275. The number of Topliss-reactive ketones (excluding diaryl/α,β-unsaturated/α-hetero) is 1. The molecule has 126 valence electrons. The summed E-state index contributed by atoms with van der Waals surface area (Å²) in [6, 6.07) is 12.3. The zero-order chi connectivity index (χ0) is 17.5. The SMILES string of the molecule is CCOc1ccc(C(=O)CCC(=O)Nc2cccc(Cl)c2C)cc1. The van der Waals surface area contributed by atoms with E-state index in [2.05, 4.69) is 5.32 Å². The predicted octanol–water partition coefficient (Wildman–Crippen LogP) is 4.65. The van der Waals surface area contributed by atoms with Crippen molar-refractivity contribution in [3.05, 3.63) is 58.6 Å². The fourth-order valence-corrected chi connectivity index (χ4v) is 2.41. The van der Waals surface area contributed by atoms with E-state index in [1.165, 1.54) is 0 Å². The maximum Gasteiger partial charge on any atom is 0.224 e. The van der Waals surface area contributed by atoms with Crippen LogP contribution in [0.3, 0.4) is 0 Å². The molecule has 0 heterocycles. The van der Waals surface area contributed by atoms with Crippen LogP contribution >= 0.6 is 11.6 Å². The molecule has 0 radical (unpaired) electrons. The van der Waals surface area contributed by atoms with Crippen LogP contribution in [0.25, 0.3) is 0 Å². The summed E-state index contributed by atoms with van der Waals surface area (Å²) in [5, 5.41) is 3.38. The Morgan fingerprint density at radius 3 is 2.46 bits per heavy atom. The molecule has 0 saturated heterocycles. The summed E-state index contributed by atoms with van der Waals surface area (Å²) in [5.41, 5.74) is 2.05. The molecule has 0 aromatic heterocycles. The van der Waals surface area contributed by atoms with E-state index in [4.69, 9.17) is 16.3 Å². The van der Waals surface area contributed by atoms with Gasteiger partial charge in [0.25, 0.3) is 0 Å². The lowest BCUT2D eigenvalue weighted by Crippen LogP contribution is -2.14. The standard InChI is InChI=1S/C19H20ClNO3/c1-3-24-15-9-7-14(8-10-15)18(22)11-12-19(23)21-17-6-4-5-16(20)13(17)2/h4-10H,3,11-12H2,1-2H3,(H,21,23). The maximum atomic E-state index is 12.1. The van der Waals surface area contributed by atoms with Crippen molar-refractivity contribution in [2.75, 3.05) is 11.9 Å². The molecule has 5 heteroatoms. The predicted molar refractivity (Wildman–Crippen MR) is 96.0 cm³/mol. The molecular formula is C19H20ClNO3. The molecule has 0 bridgehead atoms. The van der Waals surface area contributed by atoms with Gasteiger partial charge in [0.1, 0.15) is 5.75 Å². The Bertz CT molecular complexity index is 726. The van der Waals surface area contributed by atoms with Gasteiger partial charge in [-0.25, -0.2) is 0 Å². The van der Waals surface area contributed by atoms with Crippen molar-refractivity contribution < 1.29 is 14.3 Å². The summed E-state index contributed by atoms with van der Waals surface area (Å²) >= 11 is 6.02. The Morgan fingerprint density at radius 1 is 1.08 bits per heavy atom. The molecule has 0 spiro atoms. The van der Waals surface area contributed by atoms with Gasteiger partial charge in [0.15, 0.2) is 5.78 Å². The van der Waals surface area contributed by atoms with Crippen molar-refractivity contribution in [1.29, 1.82) is 0 Å². The third-order valence-electron chi connectivity index (χ3n) is 3.61. The van der Waals surface area contributed by atoms with Gasteiger partial charge in [-0.1, -0.05) is 17.7 Å². The fourth-order valence-electron chi connectivity index (χ4n) is 2.23. The minimum atomic E-state index is -0.209. The molecular weight excluding hydrogens is 326 g/mol. The average molecular weight is 346 g/mol. The van der Waals surface area contributed by atoms with E-state index in [9.17, 15) is 9.59 Å². The highest BCUT2D eigenvalue weighted by Crippen LogP contribution is 2.23. The van der Waals surface area contributed by atoms with Gasteiger partial charge in [0.2, 0.25) is 5.91 Å². The fraction of sp³-hybridized carbons (Fsp3) is 0.263. The van der Waals surface area contributed by atoms with Gasteiger partial charge in [-0.15, -0.1) is 0 Å². The molecule has 0 aliphatic rings. The van der Waals surface area contributed by atoms with Crippen molar-refractivity contribution >= 4 is 29.0 Å². The molecule has 1 amide bonds. The molecule has 0 aliphatic carbocycles. The Labute approximate surface area is 146 Å². The number of benzene rings is 2. The third kappa shape index (κ3) is 4.83. The van der Waals surface area contributed by atoms with Gasteiger partial charge in [-0.2, -0.15) is 0 Å². The third-order valence-corrected chi connectivity index (χ3v) is 4.02. The van der Waals surface area contributed by atoms with Gasteiger partial charge < -0.3 is 10.1 Å². The van der Waals surface area contributed by atoms with E-state index in [1.54, 1.807) is 42.5 Å². The zero-order valence-corrected chi connectivity index (χ0v) is 14.5. The topological polar surface area (TPSA) is 55.4 Å². The van der Waals surface area contributed by atoms with Crippen LogP contribution in [0.5, 0.6) is 5.75 Å². The van der Waals surface area contributed by atoms with E-state index in [-0.39, 0.29) is 24.5 Å². The van der Waals surface area contributed by atoms with Crippen molar-refractivity contribution in [3.63, 3.8) is 0 Å². The number of hydrogen-bond acceptors (Lipinski definition) is 3. The number of carbonyl (C=O) groups excluding carboxylic acids is 2. The Balaban J connectivity index is 1.89. The number of ketones is 1. The summed E-state index contributed by atoms with van der Waals surface area (Å²) < 4.78 is 5.34. The van der Waals surface area contributed by atoms with Crippen LogP contribution in [0.15, 0.2) is 42.5 Å². The molecule has 2 aromatic rings. The zero-order valence-electron chi connectivity index (χ0n) is 13.8. The van der Waals surface area contributed by atoms with E-state index in [0.717, 1.165) is 11.3 Å². The highest BCUT2D eigenvalue weighted by molar-refractivity contribution is 6.31. The smallest absolute Gasteiger partial charge is 0.224 e. The van der Waals surface area contributed by atoms with Crippen LogP contribution in [0.1, 0.15) is 35.7 Å². The quantitative estimate of drug-likeness (QED) is 0.743. The highest BCUT2D eigenvalue weighted by atomic mass is 35.5. The number of ether oxygens (including phenoxy) is 1. The molecule has 0 unspecified atom stereocenters. The second-order valence-corrected chi connectivity index (χ2v) is 5.75. The van der Waals surface area contributed by atoms with Crippen LogP contribution in [0.4, 0.5) is 5.69 Å². The number of halogens is 1. The molecule has 2 rings (SSSR count). The van der Waals surface area contributed by atoms with E-state index >= 15 is 0 Å². The monoisotopic (exact) mass is 345 g/mol. The normalized spacial score (nSPS) is 10.3. The van der Waals surface area contributed by atoms with Crippen LogP contribution in [0.2, 0.25) is 5.02 Å². The highest BCUT2D eigenvalue weighted by Gasteiger charge is 2.11. The molecule has 2 aromatic carbocycles. The van der Waals surface area contributed by atoms with Crippen molar-refractivity contribution in [1.82, 2.24) is 0 Å². The van der Waals surface area contributed by atoms with Crippen molar-refractivity contribution in [2.45, 2.75) is 26.7 Å². The lowest BCUT2D eigenvalue weighted by Gasteiger charge is -2.09. The van der Waals surface area contributed by atoms with E-state index in [0.29, 0.717) is 22.9 Å². The van der Waals surface area contributed by atoms with Crippen LogP contribution < -0.4 is 10.1 Å². The molecule has 0 atom stereocenters.